The molecule has 0 atom stereocenters. The minimum atomic E-state index is -0.205. The molecule has 40 heavy (non-hydrogen) atoms. The molecule has 4 heterocycles. The zero-order valence-corrected chi connectivity index (χ0v) is 24.1. The molecule has 0 amide bonds. The Hall–Kier alpha value is -3.53. The van der Waals surface area contributed by atoms with Gasteiger partial charge in [0.1, 0.15) is 18.7 Å². The predicted octanol–water partition coefficient (Wildman–Crippen LogP) is 4.17. The van der Waals surface area contributed by atoms with Crippen molar-refractivity contribution in [3.8, 4) is 5.75 Å². The molecule has 8 nitrogen and oxygen atoms in total. The highest BCUT2D eigenvalue weighted by molar-refractivity contribution is 5.92. The maximum absolute atomic E-state index is 14.2. The highest BCUT2D eigenvalue weighted by Gasteiger charge is 2.29. The lowest BCUT2D eigenvalue weighted by Gasteiger charge is -2.44. The van der Waals surface area contributed by atoms with Gasteiger partial charge in [0.2, 0.25) is 0 Å². The van der Waals surface area contributed by atoms with E-state index >= 15 is 0 Å². The van der Waals surface area contributed by atoms with Crippen LogP contribution in [0.1, 0.15) is 26.7 Å². The Morgan fingerprint density at radius 3 is 2.10 bits per heavy atom. The maximum atomic E-state index is 14.2. The summed E-state index contributed by atoms with van der Waals surface area (Å²) in [7, 11) is 2.97. The van der Waals surface area contributed by atoms with E-state index in [1.165, 1.54) is 7.11 Å². The smallest absolute Gasteiger partial charge is 0.133 e. The second kappa shape index (κ2) is 14.7. The largest absolute Gasteiger partial charge is 0.497 e. The van der Waals surface area contributed by atoms with Crippen molar-refractivity contribution < 1.29 is 19.7 Å². The first-order valence-corrected chi connectivity index (χ1v) is 13.9. The Bertz CT molecular complexity index is 1360. The van der Waals surface area contributed by atoms with Gasteiger partial charge in [-0.25, -0.2) is 4.39 Å². The summed E-state index contributed by atoms with van der Waals surface area (Å²) in [6, 6.07) is 15.9. The molecule has 0 unspecified atom stereocenters. The minimum absolute atomic E-state index is 0. The number of hydrogen-bond acceptors (Lipinski definition) is 6. The summed E-state index contributed by atoms with van der Waals surface area (Å²) in [4.78, 5) is 16.6. The van der Waals surface area contributed by atoms with Gasteiger partial charge in [-0.05, 0) is 49.2 Å². The van der Waals surface area contributed by atoms with Gasteiger partial charge in [-0.3, -0.25) is 14.9 Å². The van der Waals surface area contributed by atoms with Crippen molar-refractivity contribution in [2.75, 3.05) is 63.3 Å². The standard InChI is InChI=1S/C28H30FN5O.C2H6.CH4O.H2O/c1-35-22-18-20-4-2-10-30-27(20)26(19-22)34-16-14-32(15-17-34)21-8-12-33(13-9-21)25-7-6-24(29)23-5-3-11-31-28(23)25;2*1-2;/h2-7,10-11,18-19,21H,8-9,12-17H2,1H3;1-2H3;2H,1H3;1H2/p+2. The van der Waals surface area contributed by atoms with E-state index < -0.39 is 0 Å². The van der Waals surface area contributed by atoms with Gasteiger partial charge in [-0.15, -0.1) is 0 Å². The van der Waals surface area contributed by atoms with Crippen molar-refractivity contribution in [1.29, 1.82) is 0 Å². The molecule has 2 saturated heterocycles. The summed E-state index contributed by atoms with van der Waals surface area (Å²) < 4.78 is 19.8. The van der Waals surface area contributed by atoms with E-state index in [4.69, 9.17) is 9.84 Å². The molecule has 6 rings (SSSR count). The Morgan fingerprint density at radius 1 is 0.800 bits per heavy atom. The predicted molar refractivity (Wildman–Crippen MR) is 165 cm³/mol. The molecule has 2 aliphatic heterocycles. The zero-order chi connectivity index (χ0) is 27.8. The Morgan fingerprint density at radius 2 is 1.43 bits per heavy atom. The Kier molecular flexibility index (Phi) is 11.4. The van der Waals surface area contributed by atoms with Gasteiger partial charge in [0.25, 0.3) is 0 Å². The second-order valence-corrected chi connectivity index (χ2v) is 9.43. The third-order valence-corrected chi connectivity index (χ3v) is 7.57. The van der Waals surface area contributed by atoms with E-state index in [-0.39, 0.29) is 11.3 Å². The maximum Gasteiger partial charge on any atom is 0.133 e. The lowest BCUT2D eigenvalue weighted by atomic mass is 10.0. The molecule has 2 aliphatic rings. The monoisotopic (exact) mass is 553 g/mol. The van der Waals surface area contributed by atoms with Crippen LogP contribution in [0, 0.1) is 5.82 Å². The van der Waals surface area contributed by atoms with E-state index in [1.807, 2.05) is 38.2 Å². The fraction of sp³-hybridized carbons (Fsp3) is 0.419. The normalized spacial score (nSPS) is 15.9. The number of nitrogens with zero attached hydrogens (tertiary/aromatic N) is 5. The van der Waals surface area contributed by atoms with Gasteiger partial charge >= 0.3 is 0 Å². The molecule has 216 valence electrons. The van der Waals surface area contributed by atoms with Crippen LogP contribution in [0.15, 0.2) is 60.9 Å². The van der Waals surface area contributed by atoms with Crippen LogP contribution in [0.2, 0.25) is 0 Å². The van der Waals surface area contributed by atoms with Gasteiger partial charge in [-0.2, -0.15) is 0 Å². The molecule has 2 aromatic carbocycles. The van der Waals surface area contributed by atoms with Crippen LogP contribution in [0.25, 0.3) is 21.8 Å². The average molecular weight is 554 g/mol. The van der Waals surface area contributed by atoms with Gasteiger partial charge in [-0.1, -0.05) is 19.9 Å². The molecular weight excluding hydrogens is 509 g/mol. The summed E-state index contributed by atoms with van der Waals surface area (Å²) >= 11 is 0. The molecule has 5 N–H and O–H groups in total. The number of benzene rings is 2. The zero-order valence-electron chi connectivity index (χ0n) is 24.1. The third-order valence-electron chi connectivity index (χ3n) is 7.57. The van der Waals surface area contributed by atoms with E-state index in [0.29, 0.717) is 11.4 Å². The molecule has 9 heteroatoms. The first-order chi connectivity index (χ1) is 19.2. The summed E-state index contributed by atoms with van der Waals surface area (Å²) in [6.07, 6.45) is 5.82. The van der Waals surface area contributed by atoms with Gasteiger partial charge in [0.15, 0.2) is 0 Å². The summed E-state index contributed by atoms with van der Waals surface area (Å²) in [5, 5.41) is 7.46. The number of halogens is 1. The van der Waals surface area contributed by atoms with Crippen molar-refractivity contribution in [2.24, 2.45) is 0 Å². The highest BCUT2D eigenvalue weighted by Crippen LogP contribution is 2.33. The minimum Gasteiger partial charge on any atom is -0.497 e. The van der Waals surface area contributed by atoms with Crippen molar-refractivity contribution in [2.45, 2.75) is 32.7 Å². The molecular formula is C31H44FN5O3+2. The Balaban J connectivity index is 0.000000846. The van der Waals surface area contributed by atoms with Gasteiger partial charge < -0.3 is 25.1 Å². The fourth-order valence-corrected chi connectivity index (χ4v) is 5.68. The number of rotatable bonds is 4. The third kappa shape index (κ3) is 6.43. The van der Waals surface area contributed by atoms with E-state index in [0.717, 1.165) is 85.7 Å². The quantitative estimate of drug-likeness (QED) is 0.352. The number of ether oxygens (including phenoxy) is 1. The average Bonchev–Trinajstić information content (AvgIpc) is 3.03. The summed E-state index contributed by atoms with van der Waals surface area (Å²) in [5.41, 5.74) is 4.00. The molecule has 0 spiro atoms. The lowest BCUT2D eigenvalue weighted by Crippen LogP contribution is -2.53. The van der Waals surface area contributed by atoms with Crippen LogP contribution < -0.4 is 14.5 Å². The van der Waals surface area contributed by atoms with Crippen LogP contribution in [0.3, 0.4) is 0 Å². The van der Waals surface area contributed by atoms with Crippen molar-refractivity contribution >= 4 is 33.2 Å². The Labute approximate surface area is 236 Å². The number of piperidine rings is 1. The number of hydrogen-bond donors (Lipinski definition) is 0. The first-order valence-electron chi connectivity index (χ1n) is 13.9. The van der Waals surface area contributed by atoms with Crippen molar-refractivity contribution in [3.05, 3.63) is 66.7 Å². The van der Waals surface area contributed by atoms with Crippen LogP contribution >= 0.6 is 0 Å². The fourth-order valence-electron chi connectivity index (χ4n) is 5.68. The molecule has 2 aromatic heterocycles. The summed E-state index contributed by atoms with van der Waals surface area (Å²) in [6.45, 7) is 9.96. The van der Waals surface area contributed by atoms with Crippen LogP contribution in [0.5, 0.6) is 5.75 Å². The van der Waals surface area contributed by atoms with Crippen LogP contribution in [-0.2, 0) is 5.48 Å². The lowest BCUT2D eigenvalue weighted by molar-refractivity contribution is 0.160. The van der Waals surface area contributed by atoms with Crippen molar-refractivity contribution in [3.63, 3.8) is 0 Å². The SMILES string of the molecule is CC.COc1cc(N2CCN(C3CCN(c4ccc(F)c5cccnc45)CC3)CC2)c2ncccc2c1.C[OH2+].[OH3+]. The molecule has 0 saturated carbocycles. The van der Waals surface area contributed by atoms with E-state index in [9.17, 15) is 4.39 Å². The second-order valence-electron chi connectivity index (χ2n) is 9.43. The van der Waals surface area contributed by atoms with Crippen LogP contribution in [-0.4, -0.2) is 79.5 Å². The molecule has 0 bridgehead atoms. The molecule has 0 radical (unpaired) electrons. The molecule has 2 fully saturated rings. The van der Waals surface area contributed by atoms with Crippen LogP contribution in [0.4, 0.5) is 15.8 Å². The van der Waals surface area contributed by atoms with Gasteiger partial charge in [0.05, 0.1) is 29.5 Å². The highest BCUT2D eigenvalue weighted by atomic mass is 19.1. The van der Waals surface area contributed by atoms with E-state index in [2.05, 4.69) is 42.9 Å². The van der Waals surface area contributed by atoms with Crippen molar-refractivity contribution in [1.82, 2.24) is 14.9 Å². The van der Waals surface area contributed by atoms with E-state index in [1.54, 1.807) is 25.4 Å². The number of piperazine rings is 1. The number of fused-ring (bicyclic) bond motifs is 2. The molecule has 4 aromatic rings. The number of methoxy groups -OCH3 is 1. The molecule has 0 aliphatic carbocycles. The number of pyridine rings is 2. The topological polar surface area (TPSA) is 101 Å². The summed E-state index contributed by atoms with van der Waals surface area (Å²) in [5.74, 6) is 0.668. The number of anilines is 2. The first kappa shape index (κ1) is 31.0. The number of aromatic nitrogens is 2. The van der Waals surface area contributed by atoms with Gasteiger partial charge in [0, 0.05) is 74.5 Å².